The molecule has 0 unspecified atom stereocenters. The molecule has 0 bridgehead atoms. The van der Waals surface area contributed by atoms with Crippen LogP contribution in [0.3, 0.4) is 0 Å². The van der Waals surface area contributed by atoms with E-state index < -0.39 is 10.0 Å². The number of hydrogen-bond acceptors (Lipinski definition) is 3. The Morgan fingerprint density at radius 2 is 1.68 bits per heavy atom. The molecule has 5 heteroatoms. The van der Waals surface area contributed by atoms with E-state index in [-0.39, 0.29) is 6.04 Å². The summed E-state index contributed by atoms with van der Waals surface area (Å²) in [5.41, 5.74) is 4.75. The number of nitrogens with one attached hydrogen (secondary N) is 1. The minimum Gasteiger partial charge on any atom is -0.496 e. The number of methoxy groups -OCH3 is 1. The zero-order valence-electron chi connectivity index (χ0n) is 15.8. The second-order valence-electron chi connectivity index (χ2n) is 6.53. The highest BCUT2D eigenvalue weighted by molar-refractivity contribution is 7.89. The van der Waals surface area contributed by atoms with E-state index in [1.165, 1.54) is 5.56 Å². The maximum Gasteiger partial charge on any atom is 0.241 e. The lowest BCUT2D eigenvalue weighted by molar-refractivity contribution is 0.411. The van der Waals surface area contributed by atoms with Crippen molar-refractivity contribution in [3.05, 3.63) is 58.1 Å². The van der Waals surface area contributed by atoms with E-state index in [0.717, 1.165) is 16.7 Å². The summed E-state index contributed by atoms with van der Waals surface area (Å²) >= 11 is 0. The highest BCUT2D eigenvalue weighted by Crippen LogP contribution is 2.28. The Morgan fingerprint density at radius 1 is 1.00 bits per heavy atom. The average Bonchev–Trinajstić information content (AvgIpc) is 2.54. The molecule has 0 aromatic heterocycles. The number of sulfonamides is 1. The van der Waals surface area contributed by atoms with Gasteiger partial charge < -0.3 is 4.74 Å². The van der Waals surface area contributed by atoms with Gasteiger partial charge in [-0.25, -0.2) is 13.1 Å². The molecule has 1 N–H and O–H groups in total. The summed E-state index contributed by atoms with van der Waals surface area (Å²) in [6.45, 7) is 9.67. The normalized spacial score (nSPS) is 12.9. The molecule has 0 heterocycles. The molecule has 0 aliphatic heterocycles. The molecule has 136 valence electrons. The van der Waals surface area contributed by atoms with Crippen molar-refractivity contribution in [2.24, 2.45) is 0 Å². The van der Waals surface area contributed by atoms with Crippen LogP contribution in [0.1, 0.15) is 47.2 Å². The van der Waals surface area contributed by atoms with Crippen molar-refractivity contribution in [1.29, 1.82) is 0 Å². The quantitative estimate of drug-likeness (QED) is 0.832. The fraction of sp³-hybridized carbons (Fsp3) is 0.400. The average molecular weight is 362 g/mol. The van der Waals surface area contributed by atoms with Gasteiger partial charge in [0.15, 0.2) is 0 Å². The van der Waals surface area contributed by atoms with Gasteiger partial charge >= 0.3 is 0 Å². The maximum atomic E-state index is 13.0. The van der Waals surface area contributed by atoms with Crippen LogP contribution >= 0.6 is 0 Å². The molecule has 0 fully saturated rings. The molecule has 2 rings (SSSR count). The second kappa shape index (κ2) is 7.58. The minimum absolute atomic E-state index is 0.257. The van der Waals surface area contributed by atoms with Crippen LogP contribution < -0.4 is 9.46 Å². The Bertz CT molecular complexity index is 873. The first kappa shape index (κ1) is 19.5. The van der Waals surface area contributed by atoms with Crippen LogP contribution in [0.15, 0.2) is 35.2 Å². The Labute approximate surface area is 151 Å². The zero-order chi connectivity index (χ0) is 18.8. The molecule has 0 radical (unpaired) electrons. The molecule has 2 aromatic carbocycles. The Hall–Kier alpha value is -1.85. The summed E-state index contributed by atoms with van der Waals surface area (Å²) in [6.07, 6.45) is 0.678. The van der Waals surface area contributed by atoms with E-state index >= 15 is 0 Å². The highest BCUT2D eigenvalue weighted by Gasteiger charge is 2.24. The fourth-order valence-electron chi connectivity index (χ4n) is 3.11. The summed E-state index contributed by atoms with van der Waals surface area (Å²) in [5.74, 6) is 0.692. The molecule has 0 saturated heterocycles. The van der Waals surface area contributed by atoms with Gasteiger partial charge in [-0.1, -0.05) is 30.7 Å². The van der Waals surface area contributed by atoms with E-state index in [1.54, 1.807) is 26.2 Å². The van der Waals surface area contributed by atoms with E-state index in [1.807, 2.05) is 39.8 Å². The van der Waals surface area contributed by atoms with Gasteiger partial charge in [0.1, 0.15) is 5.75 Å². The van der Waals surface area contributed by atoms with E-state index in [0.29, 0.717) is 22.6 Å². The maximum absolute atomic E-state index is 13.0. The summed E-state index contributed by atoms with van der Waals surface area (Å²) < 4.78 is 34.1. The number of benzene rings is 2. The van der Waals surface area contributed by atoms with Crippen LogP contribution in [0.25, 0.3) is 0 Å². The molecular weight excluding hydrogens is 334 g/mol. The van der Waals surface area contributed by atoms with Gasteiger partial charge in [-0.05, 0) is 68.5 Å². The predicted molar refractivity (Wildman–Crippen MR) is 102 cm³/mol. The lowest BCUT2D eigenvalue weighted by Crippen LogP contribution is -2.29. The van der Waals surface area contributed by atoms with Crippen molar-refractivity contribution in [2.75, 3.05) is 7.11 Å². The van der Waals surface area contributed by atoms with Gasteiger partial charge in [-0.3, -0.25) is 0 Å². The molecule has 0 spiro atoms. The van der Waals surface area contributed by atoms with Crippen LogP contribution in [0.5, 0.6) is 5.75 Å². The standard InChI is InChI=1S/C20H27NO3S/c1-7-18(17-9-8-13(2)10-14(17)3)21-25(22,23)20-12-15(4)19(24-6)11-16(20)5/h8-12,18,21H,7H2,1-6H3/t18-/m1/s1. The van der Waals surface area contributed by atoms with Crippen molar-refractivity contribution in [2.45, 2.75) is 52.0 Å². The number of aryl methyl sites for hydroxylation is 4. The molecule has 0 aliphatic carbocycles. The van der Waals surface area contributed by atoms with Crippen molar-refractivity contribution in [3.63, 3.8) is 0 Å². The van der Waals surface area contributed by atoms with Crippen molar-refractivity contribution in [3.8, 4) is 5.75 Å². The van der Waals surface area contributed by atoms with Crippen LogP contribution in [0.2, 0.25) is 0 Å². The van der Waals surface area contributed by atoms with Crippen LogP contribution in [-0.2, 0) is 10.0 Å². The lowest BCUT2D eigenvalue weighted by atomic mass is 9.98. The second-order valence-corrected chi connectivity index (χ2v) is 8.21. The first-order chi connectivity index (χ1) is 11.7. The molecule has 0 amide bonds. The minimum atomic E-state index is -3.63. The topological polar surface area (TPSA) is 55.4 Å². The van der Waals surface area contributed by atoms with Gasteiger partial charge in [-0.2, -0.15) is 0 Å². The summed E-state index contributed by atoms with van der Waals surface area (Å²) in [6, 6.07) is 9.28. The Balaban J connectivity index is 2.41. The Morgan fingerprint density at radius 3 is 2.24 bits per heavy atom. The van der Waals surface area contributed by atoms with Gasteiger partial charge in [0.05, 0.1) is 12.0 Å². The largest absolute Gasteiger partial charge is 0.496 e. The first-order valence-electron chi connectivity index (χ1n) is 8.44. The van der Waals surface area contributed by atoms with Crippen LogP contribution in [0, 0.1) is 27.7 Å². The molecule has 2 aromatic rings. The fourth-order valence-corrected chi connectivity index (χ4v) is 4.72. The van der Waals surface area contributed by atoms with Gasteiger partial charge in [-0.15, -0.1) is 0 Å². The molecule has 25 heavy (non-hydrogen) atoms. The van der Waals surface area contributed by atoms with E-state index in [2.05, 4.69) is 10.8 Å². The summed E-state index contributed by atoms with van der Waals surface area (Å²) in [5, 5.41) is 0. The molecule has 1 atom stereocenters. The van der Waals surface area contributed by atoms with Crippen LogP contribution in [-0.4, -0.2) is 15.5 Å². The van der Waals surface area contributed by atoms with Gasteiger partial charge in [0.2, 0.25) is 10.0 Å². The van der Waals surface area contributed by atoms with Crippen molar-refractivity contribution < 1.29 is 13.2 Å². The smallest absolute Gasteiger partial charge is 0.241 e. The summed E-state index contributed by atoms with van der Waals surface area (Å²) in [7, 11) is -2.05. The third-order valence-electron chi connectivity index (χ3n) is 4.49. The predicted octanol–water partition coefficient (Wildman–Crippen LogP) is 4.36. The number of hydrogen-bond donors (Lipinski definition) is 1. The van der Waals surface area contributed by atoms with Crippen LogP contribution in [0.4, 0.5) is 0 Å². The van der Waals surface area contributed by atoms with Crippen molar-refractivity contribution >= 4 is 10.0 Å². The monoisotopic (exact) mass is 361 g/mol. The molecular formula is C20H27NO3S. The SMILES string of the molecule is CC[C@@H](NS(=O)(=O)c1cc(C)c(OC)cc1C)c1ccc(C)cc1C. The summed E-state index contributed by atoms with van der Waals surface area (Å²) in [4.78, 5) is 0.300. The highest BCUT2D eigenvalue weighted by atomic mass is 32.2. The first-order valence-corrected chi connectivity index (χ1v) is 9.92. The number of ether oxygens (including phenoxy) is 1. The zero-order valence-corrected chi connectivity index (χ0v) is 16.6. The molecule has 0 saturated carbocycles. The molecule has 4 nitrogen and oxygen atoms in total. The third-order valence-corrected chi connectivity index (χ3v) is 6.10. The van der Waals surface area contributed by atoms with E-state index in [4.69, 9.17) is 4.74 Å². The van der Waals surface area contributed by atoms with Gasteiger partial charge in [0.25, 0.3) is 0 Å². The molecule has 0 aliphatic rings. The third kappa shape index (κ3) is 4.22. The van der Waals surface area contributed by atoms with E-state index in [9.17, 15) is 8.42 Å². The van der Waals surface area contributed by atoms with Crippen molar-refractivity contribution in [1.82, 2.24) is 4.72 Å². The lowest BCUT2D eigenvalue weighted by Gasteiger charge is -2.21. The number of rotatable bonds is 6. The Kier molecular flexibility index (Phi) is 5.91. The van der Waals surface area contributed by atoms with Gasteiger partial charge in [0, 0.05) is 6.04 Å².